The van der Waals surface area contributed by atoms with Crippen LogP contribution in [0.2, 0.25) is 0 Å². The lowest BCUT2D eigenvalue weighted by Crippen LogP contribution is -2.52. The van der Waals surface area contributed by atoms with Gasteiger partial charge in [-0.2, -0.15) is 0 Å². The standard InChI is InChI=1S/C24H30O4/c1-14-11-17-18(22(3)8-5-16(26)12-20(14)22)6-9-23(4)19(17)7-10-24(23,15(2)25)13-21(27)28/h5-6,8,12,14,17,19H,7,9-11,13H2,1-4H3,(H,27,28)/p-1. The van der Waals surface area contributed by atoms with Crippen molar-refractivity contribution in [2.24, 2.45) is 34.0 Å². The van der Waals surface area contributed by atoms with E-state index in [2.05, 4.69) is 32.9 Å². The Morgan fingerprint density at radius 1 is 1.25 bits per heavy atom. The SMILES string of the molecule is CC(=O)C1(CC(=O)[O-])CCC2C3CC(C)C4=CC(=O)C=CC4(C)C3=CCC21C. The van der Waals surface area contributed by atoms with Gasteiger partial charge in [-0.3, -0.25) is 9.59 Å². The molecule has 0 aromatic carbocycles. The maximum absolute atomic E-state index is 12.7. The first-order chi connectivity index (χ1) is 13.0. The van der Waals surface area contributed by atoms with Crippen molar-refractivity contribution in [3.63, 3.8) is 0 Å². The van der Waals surface area contributed by atoms with Crippen molar-refractivity contribution in [1.82, 2.24) is 0 Å². The molecular formula is C24H29O4-. The van der Waals surface area contributed by atoms with Crippen molar-refractivity contribution in [1.29, 1.82) is 0 Å². The second-order valence-corrected chi connectivity index (χ2v) is 9.89. The van der Waals surface area contributed by atoms with E-state index in [4.69, 9.17) is 0 Å². The van der Waals surface area contributed by atoms with Gasteiger partial charge >= 0.3 is 0 Å². The summed E-state index contributed by atoms with van der Waals surface area (Å²) in [5.41, 5.74) is 1.11. The number of Topliss-reactive ketones (excluding diaryl/α,β-unsaturated/α-hetero) is 1. The third-order valence-electron chi connectivity index (χ3n) is 8.76. The Morgan fingerprint density at radius 3 is 2.61 bits per heavy atom. The number of ketones is 2. The lowest BCUT2D eigenvalue weighted by atomic mass is 9.47. The summed E-state index contributed by atoms with van der Waals surface area (Å²) in [7, 11) is 0. The van der Waals surface area contributed by atoms with Crippen molar-refractivity contribution < 1.29 is 19.5 Å². The van der Waals surface area contributed by atoms with Crippen LogP contribution in [0.4, 0.5) is 0 Å². The number of carboxylic acids is 1. The van der Waals surface area contributed by atoms with Crippen LogP contribution in [0, 0.1) is 34.0 Å². The summed E-state index contributed by atoms with van der Waals surface area (Å²) in [6.07, 6.45) is 10.8. The molecule has 6 unspecified atom stereocenters. The number of rotatable bonds is 3. The third-order valence-corrected chi connectivity index (χ3v) is 8.76. The summed E-state index contributed by atoms with van der Waals surface area (Å²) in [6, 6.07) is 0. The summed E-state index contributed by atoms with van der Waals surface area (Å²) in [4.78, 5) is 36.3. The Balaban J connectivity index is 1.81. The molecule has 2 saturated carbocycles. The van der Waals surface area contributed by atoms with Gasteiger partial charge in [-0.1, -0.05) is 31.6 Å². The zero-order chi connectivity index (χ0) is 20.5. The quantitative estimate of drug-likeness (QED) is 0.704. The van der Waals surface area contributed by atoms with Gasteiger partial charge in [-0.25, -0.2) is 0 Å². The van der Waals surface area contributed by atoms with Crippen LogP contribution in [0.15, 0.2) is 35.5 Å². The van der Waals surface area contributed by atoms with Crippen LogP contribution in [-0.4, -0.2) is 17.5 Å². The number of fused-ring (bicyclic) bond motifs is 5. The summed E-state index contributed by atoms with van der Waals surface area (Å²) in [5, 5.41) is 11.6. The largest absolute Gasteiger partial charge is 0.550 e. The van der Waals surface area contributed by atoms with Gasteiger partial charge in [0, 0.05) is 23.2 Å². The van der Waals surface area contributed by atoms with Crippen LogP contribution < -0.4 is 5.11 Å². The molecule has 0 N–H and O–H groups in total. The van der Waals surface area contributed by atoms with Crippen LogP contribution >= 0.6 is 0 Å². The van der Waals surface area contributed by atoms with Crippen molar-refractivity contribution >= 4 is 17.5 Å². The topological polar surface area (TPSA) is 74.3 Å². The number of carbonyl (C=O) groups excluding carboxylic acids is 3. The summed E-state index contributed by atoms with van der Waals surface area (Å²) >= 11 is 0. The van der Waals surface area contributed by atoms with E-state index in [-0.39, 0.29) is 40.7 Å². The number of carbonyl (C=O) groups is 3. The zero-order valence-corrected chi connectivity index (χ0v) is 17.2. The fourth-order valence-corrected chi connectivity index (χ4v) is 7.29. The highest BCUT2D eigenvalue weighted by molar-refractivity contribution is 6.01. The lowest BCUT2D eigenvalue weighted by molar-refractivity contribution is -0.309. The van der Waals surface area contributed by atoms with Gasteiger partial charge in [0.15, 0.2) is 5.78 Å². The van der Waals surface area contributed by atoms with Crippen LogP contribution in [0.3, 0.4) is 0 Å². The second-order valence-electron chi connectivity index (χ2n) is 9.89. The van der Waals surface area contributed by atoms with Gasteiger partial charge in [0.1, 0.15) is 5.78 Å². The smallest absolute Gasteiger partial charge is 0.178 e. The van der Waals surface area contributed by atoms with E-state index in [1.54, 1.807) is 19.1 Å². The minimum atomic E-state index is -1.13. The van der Waals surface area contributed by atoms with E-state index in [1.807, 2.05) is 0 Å². The van der Waals surface area contributed by atoms with Gasteiger partial charge < -0.3 is 9.90 Å². The van der Waals surface area contributed by atoms with Crippen molar-refractivity contribution in [3.8, 4) is 0 Å². The molecular weight excluding hydrogens is 352 g/mol. The molecule has 4 aliphatic carbocycles. The highest BCUT2D eigenvalue weighted by Gasteiger charge is 2.64. The third kappa shape index (κ3) is 2.33. The van der Waals surface area contributed by atoms with E-state index in [0.717, 1.165) is 12.8 Å². The fraction of sp³-hybridized carbons (Fsp3) is 0.625. The fourth-order valence-electron chi connectivity index (χ4n) is 7.29. The van der Waals surface area contributed by atoms with Crippen molar-refractivity contribution in [3.05, 3.63) is 35.5 Å². The van der Waals surface area contributed by atoms with Crippen LogP contribution in [0.25, 0.3) is 0 Å². The summed E-state index contributed by atoms with van der Waals surface area (Å²) < 4.78 is 0. The van der Waals surface area contributed by atoms with E-state index in [0.29, 0.717) is 18.8 Å². The van der Waals surface area contributed by atoms with Gasteiger partial charge in [-0.15, -0.1) is 0 Å². The predicted molar refractivity (Wildman–Crippen MR) is 104 cm³/mol. The van der Waals surface area contributed by atoms with Crippen molar-refractivity contribution in [2.45, 2.75) is 59.8 Å². The molecule has 150 valence electrons. The maximum atomic E-state index is 12.7. The molecule has 0 aliphatic heterocycles. The molecule has 0 saturated heterocycles. The van der Waals surface area contributed by atoms with Crippen LogP contribution in [0.1, 0.15) is 59.8 Å². The van der Waals surface area contributed by atoms with Crippen LogP contribution in [-0.2, 0) is 14.4 Å². The molecule has 0 radical (unpaired) electrons. The number of carboxylic acid groups (broad SMARTS) is 1. The molecule has 4 nitrogen and oxygen atoms in total. The molecule has 6 atom stereocenters. The average Bonchev–Trinajstić information content (AvgIpc) is 2.90. The van der Waals surface area contributed by atoms with Gasteiger partial charge in [-0.05, 0) is 80.4 Å². The number of hydrogen-bond donors (Lipinski definition) is 0. The molecule has 0 amide bonds. The number of hydrogen-bond acceptors (Lipinski definition) is 4. The maximum Gasteiger partial charge on any atom is 0.178 e. The number of aliphatic carboxylic acids is 1. The molecule has 0 bridgehead atoms. The van der Waals surface area contributed by atoms with E-state index in [9.17, 15) is 19.5 Å². The minimum absolute atomic E-state index is 0.0163. The normalized spacial score (nSPS) is 44.1. The highest BCUT2D eigenvalue weighted by Crippen LogP contribution is 2.69. The Labute approximate surface area is 166 Å². The first-order valence-corrected chi connectivity index (χ1v) is 10.4. The Hall–Kier alpha value is -1.97. The van der Waals surface area contributed by atoms with E-state index < -0.39 is 11.4 Å². The Kier molecular flexibility index (Phi) is 4.16. The van der Waals surface area contributed by atoms with Crippen LogP contribution in [0.5, 0.6) is 0 Å². The summed E-state index contributed by atoms with van der Waals surface area (Å²) in [6.45, 7) is 8.07. The predicted octanol–water partition coefficient (Wildman–Crippen LogP) is 3.18. The molecule has 0 spiro atoms. The van der Waals surface area contributed by atoms with Gasteiger partial charge in [0.05, 0.1) is 0 Å². The second kappa shape index (κ2) is 6.01. The van der Waals surface area contributed by atoms with Crippen molar-refractivity contribution in [2.75, 3.05) is 0 Å². The van der Waals surface area contributed by atoms with E-state index >= 15 is 0 Å². The molecule has 2 fully saturated rings. The molecule has 0 aromatic rings. The first-order valence-electron chi connectivity index (χ1n) is 10.4. The lowest BCUT2D eigenvalue weighted by Gasteiger charge is -2.56. The molecule has 4 heteroatoms. The van der Waals surface area contributed by atoms with Gasteiger partial charge in [0.2, 0.25) is 0 Å². The molecule has 28 heavy (non-hydrogen) atoms. The average molecular weight is 381 g/mol. The molecule has 0 aromatic heterocycles. The Bertz CT molecular complexity index is 862. The minimum Gasteiger partial charge on any atom is -0.550 e. The molecule has 4 aliphatic rings. The summed E-state index contributed by atoms with van der Waals surface area (Å²) in [5.74, 6) is -0.201. The first kappa shape index (κ1) is 19.4. The highest BCUT2D eigenvalue weighted by atomic mass is 16.4. The number of allylic oxidation sites excluding steroid dienone is 6. The Morgan fingerprint density at radius 2 is 1.96 bits per heavy atom. The van der Waals surface area contributed by atoms with Gasteiger partial charge in [0.25, 0.3) is 0 Å². The monoisotopic (exact) mass is 381 g/mol. The zero-order valence-electron chi connectivity index (χ0n) is 17.2. The molecule has 4 rings (SSSR count). The molecule has 0 heterocycles. The van der Waals surface area contributed by atoms with E-state index in [1.165, 1.54) is 11.1 Å².